The van der Waals surface area contributed by atoms with Crippen molar-refractivity contribution in [3.63, 3.8) is 0 Å². The molecule has 0 spiro atoms. The van der Waals surface area contributed by atoms with Crippen molar-refractivity contribution < 1.29 is 14.5 Å². The highest BCUT2D eigenvalue weighted by molar-refractivity contribution is 6.14. The second-order valence-electron chi connectivity index (χ2n) is 5.92. The van der Waals surface area contributed by atoms with Gasteiger partial charge in [0.05, 0.1) is 4.92 Å². The van der Waals surface area contributed by atoms with E-state index in [0.717, 1.165) is 11.4 Å². The van der Waals surface area contributed by atoms with Gasteiger partial charge >= 0.3 is 0 Å². The van der Waals surface area contributed by atoms with Crippen LogP contribution in [0.2, 0.25) is 0 Å². The third-order valence-corrected chi connectivity index (χ3v) is 3.63. The number of benzene rings is 3. The van der Waals surface area contributed by atoms with Crippen LogP contribution in [0.15, 0.2) is 115 Å². The number of hydrogen-bond donors (Lipinski definition) is 1. The fraction of sp³-hybridized carbons (Fsp3) is 0. The van der Waals surface area contributed by atoms with Crippen LogP contribution < -0.4 is 5.32 Å². The predicted molar refractivity (Wildman–Crippen MR) is 118 cm³/mol. The van der Waals surface area contributed by atoms with Gasteiger partial charge in [-0.05, 0) is 48.6 Å². The number of carbonyl (C=O) groups excluding carboxylic acids is 2. The first-order chi connectivity index (χ1) is 14.5. The average Bonchev–Trinajstić information content (AvgIpc) is 2.79. The summed E-state index contributed by atoms with van der Waals surface area (Å²) in [6, 6.07) is 28.2. The summed E-state index contributed by atoms with van der Waals surface area (Å²) >= 11 is 0. The second kappa shape index (κ2) is 12.2. The zero-order valence-corrected chi connectivity index (χ0v) is 16.0. The SMILES string of the molecule is O=C1C=CC(=O)C=C1.O=[N+]([O-])c1ccccc1.c1ccc(Nc2ccccc2)cc1. The number of nitrogens with one attached hydrogen (secondary N) is 1. The minimum absolute atomic E-state index is 0.121. The van der Waals surface area contributed by atoms with Crippen molar-refractivity contribution in [3.05, 3.63) is 125 Å². The van der Waals surface area contributed by atoms with E-state index >= 15 is 0 Å². The summed E-state index contributed by atoms with van der Waals surface area (Å²) in [7, 11) is 0. The molecule has 3 aromatic carbocycles. The Hall–Kier alpha value is -4.32. The van der Waals surface area contributed by atoms with E-state index in [2.05, 4.69) is 5.32 Å². The average molecular weight is 400 g/mol. The lowest BCUT2D eigenvalue weighted by Gasteiger charge is -2.04. The summed E-state index contributed by atoms with van der Waals surface area (Å²) in [5.74, 6) is -0.241. The molecule has 0 saturated heterocycles. The quantitative estimate of drug-likeness (QED) is 0.367. The second-order valence-corrected chi connectivity index (χ2v) is 5.92. The third kappa shape index (κ3) is 8.58. The van der Waals surface area contributed by atoms with Gasteiger partial charge in [-0.15, -0.1) is 0 Å². The van der Waals surface area contributed by atoms with E-state index in [1.165, 1.54) is 36.4 Å². The minimum Gasteiger partial charge on any atom is -0.356 e. The number of hydrogen-bond acceptors (Lipinski definition) is 5. The monoisotopic (exact) mass is 400 g/mol. The number of anilines is 2. The zero-order chi connectivity index (χ0) is 21.6. The Labute approximate surface area is 174 Å². The summed E-state index contributed by atoms with van der Waals surface area (Å²) in [4.78, 5) is 30.2. The lowest BCUT2D eigenvalue weighted by atomic mass is 10.2. The molecule has 0 bridgehead atoms. The van der Waals surface area contributed by atoms with Crippen molar-refractivity contribution in [2.24, 2.45) is 0 Å². The fourth-order valence-corrected chi connectivity index (χ4v) is 2.20. The van der Waals surface area contributed by atoms with E-state index < -0.39 is 4.92 Å². The lowest BCUT2D eigenvalue weighted by molar-refractivity contribution is -0.384. The van der Waals surface area contributed by atoms with Gasteiger partial charge in [0.15, 0.2) is 11.6 Å². The molecule has 6 nitrogen and oxygen atoms in total. The van der Waals surface area contributed by atoms with Crippen LogP contribution >= 0.6 is 0 Å². The van der Waals surface area contributed by atoms with Gasteiger partial charge in [-0.25, -0.2) is 0 Å². The van der Waals surface area contributed by atoms with Crippen molar-refractivity contribution in [1.29, 1.82) is 0 Å². The summed E-state index contributed by atoms with van der Waals surface area (Å²) < 4.78 is 0. The first kappa shape index (κ1) is 22.0. The molecule has 1 N–H and O–H groups in total. The van der Waals surface area contributed by atoms with Gasteiger partial charge in [-0.2, -0.15) is 0 Å². The van der Waals surface area contributed by atoms with Crippen molar-refractivity contribution >= 4 is 28.6 Å². The molecule has 150 valence electrons. The maximum Gasteiger partial charge on any atom is 0.269 e. The standard InChI is InChI=1S/C12H11N.C6H5NO2.C6H4O2/c1-3-7-11(8-4-1)13-12-9-5-2-6-10-12;8-7(9)6-4-2-1-3-5-6;7-5-1-2-6(8)4-3-5/h1-10,13H;1-5H;1-4H. The first-order valence-electron chi connectivity index (χ1n) is 9.05. The number of nitrogens with zero attached hydrogens (tertiary/aromatic N) is 1. The maximum absolute atomic E-state index is 10.3. The van der Waals surface area contributed by atoms with Gasteiger partial charge in [0.2, 0.25) is 0 Å². The zero-order valence-electron chi connectivity index (χ0n) is 16.0. The number of rotatable bonds is 3. The van der Waals surface area contributed by atoms with Crippen LogP contribution in [0.5, 0.6) is 0 Å². The number of ketones is 2. The van der Waals surface area contributed by atoms with Crippen molar-refractivity contribution in [2.75, 3.05) is 5.32 Å². The third-order valence-electron chi connectivity index (χ3n) is 3.63. The van der Waals surface area contributed by atoms with Gasteiger partial charge in [0, 0.05) is 23.5 Å². The predicted octanol–water partition coefficient (Wildman–Crippen LogP) is 5.28. The largest absolute Gasteiger partial charge is 0.356 e. The number of para-hydroxylation sites is 3. The van der Waals surface area contributed by atoms with Gasteiger partial charge in [-0.3, -0.25) is 19.7 Å². The van der Waals surface area contributed by atoms with E-state index in [1.54, 1.807) is 18.2 Å². The van der Waals surface area contributed by atoms with Crippen LogP contribution in [-0.2, 0) is 9.59 Å². The van der Waals surface area contributed by atoms with E-state index in [0.29, 0.717) is 0 Å². The summed E-state index contributed by atoms with van der Waals surface area (Å²) in [5.41, 5.74) is 2.37. The smallest absolute Gasteiger partial charge is 0.269 e. The van der Waals surface area contributed by atoms with Crippen LogP contribution in [0.25, 0.3) is 0 Å². The fourth-order valence-electron chi connectivity index (χ4n) is 2.20. The Kier molecular flexibility index (Phi) is 8.94. The summed E-state index contributed by atoms with van der Waals surface area (Å²) in [6.45, 7) is 0. The van der Waals surface area contributed by atoms with Crippen molar-refractivity contribution in [3.8, 4) is 0 Å². The van der Waals surface area contributed by atoms with Crippen LogP contribution in [-0.4, -0.2) is 16.5 Å². The van der Waals surface area contributed by atoms with E-state index in [4.69, 9.17) is 0 Å². The van der Waals surface area contributed by atoms with Crippen LogP contribution in [0.1, 0.15) is 0 Å². The number of allylic oxidation sites excluding steroid dienone is 4. The van der Waals surface area contributed by atoms with E-state index in [9.17, 15) is 19.7 Å². The number of nitro benzene ring substituents is 1. The highest BCUT2D eigenvalue weighted by Gasteiger charge is 1.99. The molecule has 0 heterocycles. The molecular weight excluding hydrogens is 380 g/mol. The molecule has 0 aliphatic heterocycles. The van der Waals surface area contributed by atoms with Gasteiger partial charge in [0.1, 0.15) is 0 Å². The Balaban J connectivity index is 0.000000167. The van der Waals surface area contributed by atoms with Gasteiger partial charge < -0.3 is 5.32 Å². The molecule has 0 radical (unpaired) electrons. The number of non-ortho nitro benzene ring substituents is 1. The molecule has 1 aliphatic rings. The molecular formula is C24H20N2O4. The molecule has 0 amide bonds. The Morgan fingerprint density at radius 2 is 0.900 bits per heavy atom. The lowest BCUT2D eigenvalue weighted by Crippen LogP contribution is -1.97. The Morgan fingerprint density at radius 3 is 1.20 bits per heavy atom. The highest BCUT2D eigenvalue weighted by Crippen LogP contribution is 2.14. The van der Waals surface area contributed by atoms with Crippen molar-refractivity contribution in [2.45, 2.75) is 0 Å². The molecule has 3 aromatic rings. The van der Waals surface area contributed by atoms with Crippen LogP contribution in [0.4, 0.5) is 17.1 Å². The molecule has 1 aliphatic carbocycles. The molecule has 0 aromatic heterocycles. The molecule has 0 atom stereocenters. The Morgan fingerprint density at radius 1 is 0.567 bits per heavy atom. The summed E-state index contributed by atoms with van der Waals surface area (Å²) in [5, 5.41) is 13.3. The van der Waals surface area contributed by atoms with Crippen LogP contribution in [0, 0.1) is 10.1 Å². The van der Waals surface area contributed by atoms with Crippen LogP contribution in [0.3, 0.4) is 0 Å². The maximum atomic E-state index is 10.3. The molecule has 0 unspecified atom stereocenters. The number of carbonyl (C=O) groups is 2. The molecule has 4 rings (SSSR count). The van der Waals surface area contributed by atoms with Gasteiger partial charge in [0.25, 0.3) is 5.69 Å². The van der Waals surface area contributed by atoms with E-state index in [1.807, 2.05) is 60.7 Å². The minimum atomic E-state index is -0.417. The van der Waals surface area contributed by atoms with Crippen molar-refractivity contribution in [1.82, 2.24) is 0 Å². The topological polar surface area (TPSA) is 89.3 Å². The normalized spacial score (nSPS) is 11.5. The Bertz CT molecular complexity index is 939. The van der Waals surface area contributed by atoms with Gasteiger partial charge in [-0.1, -0.05) is 54.6 Å². The summed E-state index contributed by atoms with van der Waals surface area (Å²) in [6.07, 6.45) is 5.01. The molecule has 30 heavy (non-hydrogen) atoms. The highest BCUT2D eigenvalue weighted by atomic mass is 16.6. The molecule has 0 saturated carbocycles. The first-order valence-corrected chi connectivity index (χ1v) is 9.05. The molecule has 6 heteroatoms. The van der Waals surface area contributed by atoms with E-state index in [-0.39, 0.29) is 17.3 Å². The molecule has 0 fully saturated rings. The number of nitro groups is 1.